The number of hydrogen-bond donors (Lipinski definition) is 1. The van der Waals surface area contributed by atoms with Crippen molar-refractivity contribution < 1.29 is 8.42 Å². The van der Waals surface area contributed by atoms with Crippen LogP contribution in [0, 0.1) is 0 Å². The molecule has 14 heavy (non-hydrogen) atoms. The summed E-state index contributed by atoms with van der Waals surface area (Å²) < 4.78 is 22.4. The Kier molecular flexibility index (Phi) is 2.53. The van der Waals surface area contributed by atoms with E-state index in [1.807, 2.05) is 0 Å². The average molecular weight is 235 g/mol. The summed E-state index contributed by atoms with van der Waals surface area (Å²) in [7, 11) is -2.79. The van der Waals surface area contributed by atoms with Gasteiger partial charge in [-0.1, -0.05) is 11.6 Å². The molecule has 0 unspecified atom stereocenters. The van der Waals surface area contributed by atoms with Gasteiger partial charge in [-0.3, -0.25) is 0 Å². The lowest BCUT2D eigenvalue weighted by Crippen LogP contribution is -2.22. The first-order chi connectivity index (χ1) is 6.57. The highest BCUT2D eigenvalue weighted by Gasteiger charge is 2.26. The van der Waals surface area contributed by atoms with Crippen molar-refractivity contribution in [2.45, 2.75) is 18.8 Å². The molecule has 0 spiro atoms. The summed E-state index contributed by atoms with van der Waals surface area (Å²) in [6.07, 6.45) is 2.85. The second-order valence-corrected chi connectivity index (χ2v) is 6.25. The van der Waals surface area contributed by atoms with Gasteiger partial charge in [0.2, 0.25) is 0 Å². The highest BCUT2D eigenvalue weighted by Crippen LogP contribution is 2.27. The number of hydrogen-bond acceptors (Lipinski definition) is 3. The minimum absolute atomic E-state index is 0.214. The second-order valence-electron chi connectivity index (χ2n) is 3.54. The maximum atomic E-state index is 11.2. The lowest BCUT2D eigenvalue weighted by Gasteiger charge is -2.19. The fraction of sp³-hybridized carbons (Fsp3) is 0.625. The van der Waals surface area contributed by atoms with Crippen molar-refractivity contribution in [3.63, 3.8) is 0 Å². The molecular weight excluding hydrogens is 224 g/mol. The van der Waals surface area contributed by atoms with Crippen LogP contribution in [0.2, 0.25) is 5.15 Å². The molecule has 6 heteroatoms. The molecule has 0 aromatic carbocycles. The number of aromatic nitrogens is 2. The molecule has 1 aliphatic heterocycles. The number of nitrogens with zero attached hydrogens (tertiary/aromatic N) is 1. The monoisotopic (exact) mass is 234 g/mol. The summed E-state index contributed by atoms with van der Waals surface area (Å²) in [4.78, 5) is 7.04. The summed E-state index contributed by atoms with van der Waals surface area (Å²) >= 11 is 5.70. The van der Waals surface area contributed by atoms with Gasteiger partial charge in [0.25, 0.3) is 0 Å². The van der Waals surface area contributed by atoms with Crippen LogP contribution < -0.4 is 0 Å². The molecule has 1 aliphatic rings. The van der Waals surface area contributed by atoms with E-state index < -0.39 is 9.84 Å². The average Bonchev–Trinajstić information content (AvgIpc) is 2.52. The van der Waals surface area contributed by atoms with E-state index in [1.165, 1.54) is 0 Å². The lowest BCUT2D eigenvalue weighted by atomic mass is 10.0. The number of nitrogens with one attached hydrogen (secondary N) is 1. The fourth-order valence-corrected chi connectivity index (χ4v) is 3.32. The van der Waals surface area contributed by atoms with Crippen molar-refractivity contribution in [3.05, 3.63) is 17.2 Å². The minimum atomic E-state index is -2.79. The van der Waals surface area contributed by atoms with E-state index in [0.29, 0.717) is 18.0 Å². The number of rotatable bonds is 1. The predicted molar refractivity (Wildman–Crippen MR) is 54.2 cm³/mol. The molecule has 0 radical (unpaired) electrons. The van der Waals surface area contributed by atoms with Crippen LogP contribution >= 0.6 is 11.6 Å². The van der Waals surface area contributed by atoms with E-state index in [4.69, 9.17) is 11.6 Å². The third-order valence-corrected chi connectivity index (χ3v) is 4.41. The zero-order valence-electron chi connectivity index (χ0n) is 7.53. The minimum Gasteiger partial charge on any atom is -0.333 e. The van der Waals surface area contributed by atoms with Crippen molar-refractivity contribution in [2.24, 2.45) is 0 Å². The SMILES string of the molecule is O=S1(=O)CCC(c2ncc(Cl)[nH]2)CC1. The summed E-state index contributed by atoms with van der Waals surface area (Å²) in [6.45, 7) is 0. The van der Waals surface area contributed by atoms with Crippen molar-refractivity contribution >= 4 is 21.4 Å². The first-order valence-electron chi connectivity index (χ1n) is 4.48. The number of H-pyrrole nitrogens is 1. The quantitative estimate of drug-likeness (QED) is 0.798. The van der Waals surface area contributed by atoms with Gasteiger partial charge in [-0.05, 0) is 12.8 Å². The molecule has 0 amide bonds. The molecule has 1 aromatic rings. The van der Waals surface area contributed by atoms with Gasteiger partial charge in [-0.15, -0.1) is 0 Å². The molecule has 0 aliphatic carbocycles. The van der Waals surface area contributed by atoms with Gasteiger partial charge in [0.05, 0.1) is 17.7 Å². The normalized spacial score (nSPS) is 22.4. The zero-order chi connectivity index (χ0) is 10.2. The Morgan fingerprint density at radius 3 is 2.57 bits per heavy atom. The summed E-state index contributed by atoms with van der Waals surface area (Å²) in [5.74, 6) is 1.54. The van der Waals surface area contributed by atoms with E-state index in [0.717, 1.165) is 5.82 Å². The van der Waals surface area contributed by atoms with Crippen molar-refractivity contribution in [2.75, 3.05) is 11.5 Å². The molecule has 1 saturated heterocycles. The topological polar surface area (TPSA) is 62.8 Å². The first kappa shape index (κ1) is 9.98. The van der Waals surface area contributed by atoms with E-state index in [2.05, 4.69) is 9.97 Å². The third-order valence-electron chi connectivity index (χ3n) is 2.51. The molecule has 78 valence electrons. The van der Waals surface area contributed by atoms with E-state index >= 15 is 0 Å². The molecule has 0 bridgehead atoms. The first-order valence-corrected chi connectivity index (χ1v) is 6.67. The maximum absolute atomic E-state index is 11.2. The standard InChI is InChI=1S/C8H11ClN2O2S/c9-7-5-10-8(11-7)6-1-3-14(12,13)4-2-6/h5-6H,1-4H2,(H,10,11). The van der Waals surface area contributed by atoms with Crippen LogP contribution in [0.1, 0.15) is 24.6 Å². The third kappa shape index (κ3) is 2.09. The van der Waals surface area contributed by atoms with Gasteiger partial charge in [0, 0.05) is 5.92 Å². The van der Waals surface area contributed by atoms with Gasteiger partial charge in [-0.2, -0.15) is 0 Å². The molecule has 4 nitrogen and oxygen atoms in total. The Morgan fingerprint density at radius 2 is 2.07 bits per heavy atom. The van der Waals surface area contributed by atoms with Crippen LogP contribution in [-0.4, -0.2) is 29.9 Å². The van der Waals surface area contributed by atoms with Gasteiger partial charge in [0.1, 0.15) is 20.8 Å². The molecule has 2 heterocycles. The van der Waals surface area contributed by atoms with Crippen molar-refractivity contribution in [1.82, 2.24) is 9.97 Å². The van der Waals surface area contributed by atoms with E-state index in [1.54, 1.807) is 6.20 Å². The lowest BCUT2D eigenvalue weighted by molar-refractivity contribution is 0.539. The molecule has 1 fully saturated rings. The smallest absolute Gasteiger partial charge is 0.150 e. The van der Waals surface area contributed by atoms with Crippen LogP contribution in [0.5, 0.6) is 0 Å². The van der Waals surface area contributed by atoms with Crippen molar-refractivity contribution in [1.29, 1.82) is 0 Å². The summed E-state index contributed by atoms with van der Waals surface area (Å²) in [5.41, 5.74) is 0. The van der Waals surface area contributed by atoms with E-state index in [-0.39, 0.29) is 17.4 Å². The van der Waals surface area contributed by atoms with Gasteiger partial charge < -0.3 is 4.98 Å². The second kappa shape index (κ2) is 3.55. The molecule has 0 saturated carbocycles. The number of halogens is 1. The van der Waals surface area contributed by atoms with Crippen molar-refractivity contribution in [3.8, 4) is 0 Å². The van der Waals surface area contributed by atoms with Crippen LogP contribution in [-0.2, 0) is 9.84 Å². The maximum Gasteiger partial charge on any atom is 0.150 e. The number of sulfone groups is 1. The zero-order valence-corrected chi connectivity index (χ0v) is 9.11. The number of aromatic amines is 1. The van der Waals surface area contributed by atoms with Crippen LogP contribution in [0.3, 0.4) is 0 Å². The molecule has 0 atom stereocenters. The predicted octanol–water partition coefficient (Wildman–Crippen LogP) is 1.36. The Bertz CT molecular complexity index is 412. The van der Waals surface area contributed by atoms with Gasteiger partial charge in [-0.25, -0.2) is 13.4 Å². The van der Waals surface area contributed by atoms with E-state index in [9.17, 15) is 8.42 Å². The molecule has 1 aromatic heterocycles. The fourth-order valence-electron chi connectivity index (χ4n) is 1.68. The van der Waals surface area contributed by atoms with Crippen LogP contribution in [0.4, 0.5) is 0 Å². The largest absolute Gasteiger partial charge is 0.333 e. The highest BCUT2D eigenvalue weighted by atomic mass is 35.5. The Morgan fingerprint density at radius 1 is 1.43 bits per heavy atom. The summed E-state index contributed by atoms with van der Waals surface area (Å²) in [5, 5.41) is 0.508. The van der Waals surface area contributed by atoms with Crippen LogP contribution in [0.15, 0.2) is 6.20 Å². The number of imidazole rings is 1. The Hall–Kier alpha value is -0.550. The van der Waals surface area contributed by atoms with Gasteiger partial charge >= 0.3 is 0 Å². The van der Waals surface area contributed by atoms with Crippen LogP contribution in [0.25, 0.3) is 0 Å². The molecule has 2 rings (SSSR count). The molecule has 1 N–H and O–H groups in total. The summed E-state index contributed by atoms with van der Waals surface area (Å²) in [6, 6.07) is 0. The van der Waals surface area contributed by atoms with Gasteiger partial charge in [0.15, 0.2) is 0 Å². The Labute approximate surface area is 87.6 Å². The Balaban J connectivity index is 2.09. The highest BCUT2D eigenvalue weighted by molar-refractivity contribution is 7.91. The molecular formula is C8H11ClN2O2S.